The Kier molecular flexibility index (Phi) is 38.2. The van der Waals surface area contributed by atoms with Gasteiger partial charge in [0.25, 0.3) is 23.2 Å². The minimum atomic E-state index is -4.94. The maximum Gasteiger partial charge on any atom is 0.423 e. The number of nitro benzene ring substituents is 2. The summed E-state index contributed by atoms with van der Waals surface area (Å²) in [6.45, 7) is 16.0. The topological polar surface area (TPSA) is 390 Å². The molecule has 0 aromatic heterocycles. The number of hydrogen-bond donors (Lipinski definition) is 8. The Morgan fingerprint density at radius 3 is 1.62 bits per heavy atom. The van der Waals surface area contributed by atoms with Crippen molar-refractivity contribution >= 4 is 129 Å². The summed E-state index contributed by atoms with van der Waals surface area (Å²) in [5, 5.41) is 69.3. The monoisotopic (exact) mass is 1470 g/mol. The van der Waals surface area contributed by atoms with Crippen molar-refractivity contribution in [2.75, 3.05) is 46.7 Å². The first-order valence-electron chi connectivity index (χ1n) is 24.1. The second kappa shape index (κ2) is 38.2. The Hall–Kier alpha value is -6.33. The molecule has 494 valence electrons. The van der Waals surface area contributed by atoms with Gasteiger partial charge < -0.3 is 56.4 Å². The third-order valence-corrected chi connectivity index (χ3v) is 15.0. The number of nitrogens with zero attached hydrogens (tertiary/aromatic N) is 4. The molecular weight excluding hydrogens is 1400 g/mol. The molecule has 2 aromatic rings. The van der Waals surface area contributed by atoms with Crippen LogP contribution in [0.4, 0.5) is 49.1 Å². The first kappa shape index (κ1) is 87.1. The highest BCUT2D eigenvalue weighted by molar-refractivity contribution is 9.09. The summed E-state index contributed by atoms with van der Waals surface area (Å²) in [6.07, 6.45) is -4.98. The molecule has 0 radical (unpaired) electrons. The molecule has 1 unspecified atom stereocenters. The number of allylic oxidation sites excluding steroid dienone is 1. The van der Waals surface area contributed by atoms with E-state index in [4.69, 9.17) is 42.5 Å². The highest BCUT2D eigenvalue weighted by atomic mass is 79.9. The third kappa shape index (κ3) is 28.1. The number of cyclic esters (lactones) is 1. The summed E-state index contributed by atoms with van der Waals surface area (Å²) < 4.78 is 80.1. The van der Waals surface area contributed by atoms with Gasteiger partial charge in [0.1, 0.15) is 34.9 Å². The molecule has 4 aliphatic rings. The van der Waals surface area contributed by atoms with Gasteiger partial charge in [0, 0.05) is 58.4 Å². The number of fused-ring (bicyclic) bond motifs is 1. The van der Waals surface area contributed by atoms with Gasteiger partial charge in [-0.2, -0.15) is 26.3 Å². The highest BCUT2D eigenvalue weighted by Crippen LogP contribution is 2.39. The molecular formula is C52H73Br3ClF6N7O18. The lowest BCUT2D eigenvalue weighted by Gasteiger charge is -2.39. The quantitative estimate of drug-likeness (QED) is 0.0143. The van der Waals surface area contributed by atoms with Crippen LogP contribution in [0.2, 0.25) is 0 Å². The van der Waals surface area contributed by atoms with E-state index in [1.807, 2.05) is 0 Å². The van der Waals surface area contributed by atoms with Gasteiger partial charge >= 0.3 is 36.2 Å². The Morgan fingerprint density at radius 2 is 1.26 bits per heavy atom. The maximum absolute atomic E-state index is 12.8. The molecule has 4 heterocycles. The third-order valence-electron chi connectivity index (χ3n) is 11.4. The number of nitrogens with one attached hydrogen (secondary N) is 2. The maximum atomic E-state index is 12.8. The number of alkyl halides is 9. The Labute approximate surface area is 527 Å². The first-order valence-corrected chi connectivity index (χ1v) is 27.8. The number of halogens is 10. The van der Waals surface area contributed by atoms with Crippen molar-refractivity contribution in [1.29, 1.82) is 0 Å². The van der Waals surface area contributed by atoms with Crippen LogP contribution in [0.15, 0.2) is 60.7 Å². The van der Waals surface area contributed by atoms with Gasteiger partial charge in [-0.15, -0.1) is 0 Å². The van der Waals surface area contributed by atoms with Gasteiger partial charge in [-0.3, -0.25) is 44.2 Å². The number of anilines is 2. The number of ether oxygens (including phenoxy) is 1. The number of aliphatic hydroxyl groups is 2. The molecule has 4 aliphatic heterocycles. The van der Waals surface area contributed by atoms with Crippen LogP contribution in [0.1, 0.15) is 107 Å². The number of nitrogens with two attached hydrogens (primary N) is 1. The fraction of sp³-hybridized carbons (Fsp3) is 0.538. The number of nitro groups is 2. The zero-order valence-corrected chi connectivity index (χ0v) is 50.8. The number of likely N-dealkylation sites (tertiary alicyclic amines) is 1. The molecule has 3 amide bonds. The van der Waals surface area contributed by atoms with Crippen molar-refractivity contribution in [3.63, 3.8) is 0 Å². The van der Waals surface area contributed by atoms with Gasteiger partial charge in [-0.1, -0.05) is 83.2 Å². The predicted molar refractivity (Wildman–Crippen MR) is 320 cm³/mol. The summed E-state index contributed by atoms with van der Waals surface area (Å²) in [4.78, 5) is 109. The Balaban J connectivity index is -0.000000474. The molecule has 87 heavy (non-hydrogen) atoms. The minimum Gasteiger partial charge on any atom is -0.480 e. The summed E-state index contributed by atoms with van der Waals surface area (Å²) in [5.74, 6) is -4.38. The average Bonchev–Trinajstić information content (AvgIpc) is 4.46. The molecule has 2 aromatic carbocycles. The highest BCUT2D eigenvalue weighted by Gasteiger charge is 2.51. The Morgan fingerprint density at radius 1 is 0.793 bits per heavy atom. The van der Waals surface area contributed by atoms with Crippen LogP contribution >= 0.6 is 59.4 Å². The van der Waals surface area contributed by atoms with E-state index in [-0.39, 0.29) is 74.2 Å². The molecule has 25 nitrogen and oxygen atoms in total. The molecule has 4 saturated heterocycles. The van der Waals surface area contributed by atoms with E-state index in [9.17, 15) is 90.0 Å². The second-order valence-corrected chi connectivity index (χ2v) is 20.9. The molecule has 4 fully saturated rings. The summed E-state index contributed by atoms with van der Waals surface area (Å²) >= 11 is 13.8. The summed E-state index contributed by atoms with van der Waals surface area (Å²) in [6, 6.07) is 3.12. The number of hydrogen-bond acceptors (Lipinski definition) is 17. The van der Waals surface area contributed by atoms with Crippen molar-refractivity contribution in [2.45, 2.75) is 143 Å². The first-order chi connectivity index (χ1) is 38.4. The number of aliphatic carboxylic acids is 3. The van der Waals surface area contributed by atoms with Crippen molar-refractivity contribution in [3.05, 3.63) is 92.1 Å². The van der Waals surface area contributed by atoms with E-state index in [0.29, 0.717) is 54.2 Å². The van der Waals surface area contributed by atoms with Crippen LogP contribution in [0.5, 0.6) is 0 Å². The molecule has 35 heteroatoms. The van der Waals surface area contributed by atoms with E-state index in [1.165, 1.54) is 11.8 Å². The number of morpholine rings is 1. The van der Waals surface area contributed by atoms with Crippen molar-refractivity contribution in [3.8, 4) is 0 Å². The zero-order valence-electron chi connectivity index (χ0n) is 45.3. The standard InChI is InChI=1S/C11H10BrF3N2O4.C9H12BrNO3.C9H13NO3.C7H5F3N2O2.C5H9NO2.C4H7BrO3.C4H5ClO.3CH4/c1-10(19,5-12)9(18)16-6-2-3-8(17(20)21)7(4-6)11(13,14)15;1-9(5-10)8(13)11-4-2-3-6(11)7(12)14-9;1-6(2)8(11)10-5-3-4-7(10)9(12)13;8-7(9,10)5-3-4(11)1-2-6(5)12(13)14;7-5(8)4-2-1-3-6-4;1-4(8,2-5)3(6)7;1-3(2)4(5)6;;;/h2-4,19H,5H2,1H3,(H,16,18);6H,2-5H2,1H3;7H,1,3-5H2,2H3,(H,12,13);1-3H,11H2;4,6H,1-3H2,(H,7,8);8H,2H2,1H3,(H,6,7);1H2,2H3;3*1H4/t10-;6-,9?;7-;;2*4-;;;;/m011.10..../s1. The number of esters is 1. The molecule has 6 atom stereocenters. The van der Waals surface area contributed by atoms with Crippen molar-refractivity contribution in [1.82, 2.24) is 15.1 Å². The summed E-state index contributed by atoms with van der Waals surface area (Å²) in [5.41, 5.74) is -3.97. The van der Waals surface area contributed by atoms with Crippen LogP contribution in [0, 0.1) is 20.2 Å². The second-order valence-electron chi connectivity index (χ2n) is 18.9. The normalized spacial score (nSPS) is 19.2. The number of carbonyl (C=O) groups is 8. The van der Waals surface area contributed by atoms with Gasteiger partial charge in [0.15, 0.2) is 11.2 Å². The lowest BCUT2D eigenvalue weighted by atomic mass is 10.0. The van der Waals surface area contributed by atoms with E-state index >= 15 is 0 Å². The van der Waals surface area contributed by atoms with Gasteiger partial charge in [-0.05, 0) is 116 Å². The van der Waals surface area contributed by atoms with E-state index in [0.717, 1.165) is 63.8 Å². The zero-order chi connectivity index (χ0) is 65.6. The number of carbonyl (C=O) groups excluding carboxylic acids is 5. The molecule has 0 aliphatic carbocycles. The van der Waals surface area contributed by atoms with E-state index in [1.54, 1.807) is 25.7 Å². The number of carboxylic acid groups (broad SMARTS) is 3. The average molecular weight is 1470 g/mol. The van der Waals surface area contributed by atoms with E-state index < -0.39 is 96.6 Å². The number of benzene rings is 2. The number of rotatable bonds is 12. The van der Waals surface area contributed by atoms with Gasteiger partial charge in [0.2, 0.25) is 11.1 Å². The van der Waals surface area contributed by atoms with E-state index in [2.05, 4.69) is 71.6 Å². The molecule has 0 saturated carbocycles. The molecule has 9 N–H and O–H groups in total. The Bertz CT molecular complexity index is 2740. The molecule has 0 bridgehead atoms. The smallest absolute Gasteiger partial charge is 0.423 e. The molecule has 6 rings (SSSR count). The SMILES string of the molecule is C.C.C.C=C(C)C(=O)Cl.C=C(C)C(=O)N1CCC[C@@H]1C(=O)O.CC1(CBr)OC(=O)[C@H]2CCCN2C1=O.C[C@](O)(CBr)C(=O)Nc1ccc([N+](=O)[O-])c(C(F)(F)F)c1.C[C@](O)(CBr)C(=O)O.Nc1ccc([N+](=O)[O-])c(C(F)(F)F)c1.O=C(O)[C@H]1CCCN1. The van der Waals surface area contributed by atoms with Crippen LogP contribution in [-0.4, -0.2) is 163 Å². The van der Waals surface area contributed by atoms with Crippen LogP contribution in [0.3, 0.4) is 0 Å². The van der Waals surface area contributed by atoms with Crippen LogP contribution in [-0.2, 0) is 55.4 Å². The van der Waals surface area contributed by atoms with Crippen molar-refractivity contribution in [2.24, 2.45) is 0 Å². The fourth-order valence-corrected chi connectivity index (χ4v) is 7.56. The minimum absolute atomic E-state index is 0. The lowest BCUT2D eigenvalue weighted by molar-refractivity contribution is -0.388. The van der Waals surface area contributed by atoms with Crippen molar-refractivity contribution < 1.29 is 105 Å². The van der Waals surface area contributed by atoms with Gasteiger partial charge in [-0.25, -0.2) is 14.4 Å². The molecule has 0 spiro atoms. The van der Waals surface area contributed by atoms with Crippen LogP contribution < -0.4 is 16.4 Å². The van der Waals surface area contributed by atoms with Gasteiger partial charge in [0.05, 0.1) is 15.2 Å². The lowest BCUT2D eigenvalue weighted by Crippen LogP contribution is -2.60. The number of nitrogen functional groups attached to an aromatic ring is 1. The number of amides is 3. The number of carboxylic acids is 3. The fourth-order valence-electron chi connectivity index (χ4n) is 6.71. The predicted octanol–water partition coefficient (Wildman–Crippen LogP) is 9.50. The summed E-state index contributed by atoms with van der Waals surface area (Å²) in [7, 11) is 0. The van der Waals surface area contributed by atoms with Crippen LogP contribution in [0.25, 0.3) is 0 Å². The largest absolute Gasteiger partial charge is 0.480 e.